The quantitative estimate of drug-likeness (QED) is 0.421. The molecule has 4 nitrogen and oxygen atoms in total. The molecule has 0 amide bonds. The molecule has 0 radical (unpaired) electrons. The molecule has 0 fully saturated rings. The second-order valence-electron chi connectivity index (χ2n) is 5.91. The van der Waals surface area contributed by atoms with Gasteiger partial charge in [-0.25, -0.2) is 4.39 Å². The Kier molecular flexibility index (Phi) is 6.60. The van der Waals surface area contributed by atoms with Gasteiger partial charge in [0.15, 0.2) is 11.6 Å². The van der Waals surface area contributed by atoms with Crippen LogP contribution in [0.5, 0.6) is 11.5 Å². The molecule has 0 saturated heterocycles. The lowest BCUT2D eigenvalue weighted by atomic mass is 10.1. The first-order valence-corrected chi connectivity index (χ1v) is 9.94. The van der Waals surface area contributed by atoms with Crippen molar-refractivity contribution in [1.29, 1.82) is 5.26 Å². The van der Waals surface area contributed by atoms with E-state index in [-0.39, 0.29) is 37.8 Å². The number of aryl methyl sites for hydroxylation is 2. The summed E-state index contributed by atoms with van der Waals surface area (Å²) in [7, 11) is 0. The Morgan fingerprint density at radius 1 is 1.14 bits per heavy atom. The van der Waals surface area contributed by atoms with Crippen molar-refractivity contribution >= 4 is 45.8 Å². The highest BCUT2D eigenvalue weighted by Crippen LogP contribution is 2.31. The lowest BCUT2D eigenvalue weighted by molar-refractivity contribution is 0.430. The normalized spacial score (nSPS) is 10.5. The van der Waals surface area contributed by atoms with Crippen LogP contribution in [0, 0.1) is 20.7 Å². The molecular weight excluding hydrogens is 517 g/mol. The number of nitriles is 1. The number of hydrogen-bond acceptors (Lipinski definition) is 3. The van der Waals surface area contributed by atoms with E-state index < -0.39 is 11.4 Å². The Labute approximate surface area is 184 Å². The Bertz CT molecular complexity index is 1140. The lowest BCUT2D eigenvalue weighted by Gasteiger charge is -2.12. The van der Waals surface area contributed by atoms with Crippen molar-refractivity contribution in [3.05, 3.63) is 89.1 Å². The fraction of sp³-hybridized carbons (Fsp3) is 0.100. The van der Waals surface area contributed by atoms with E-state index in [1.54, 1.807) is 34.7 Å². The topological polar surface area (TPSA) is 65.9 Å². The molecule has 3 aromatic rings. The van der Waals surface area contributed by atoms with Crippen LogP contribution < -0.4 is 10.3 Å². The molecule has 28 heavy (non-hydrogen) atoms. The van der Waals surface area contributed by atoms with Crippen LogP contribution in [0.2, 0.25) is 10.0 Å². The summed E-state index contributed by atoms with van der Waals surface area (Å²) in [5, 5.41) is 9.91. The number of nitrogens with zero attached hydrogens (tertiary/aromatic N) is 1. The van der Waals surface area contributed by atoms with Gasteiger partial charge in [-0.15, -0.1) is 0 Å². The lowest BCUT2D eigenvalue weighted by Crippen LogP contribution is -2.17. The Morgan fingerprint density at radius 2 is 1.93 bits per heavy atom. The maximum atomic E-state index is 15.0. The molecule has 1 aromatic heterocycles. The zero-order valence-corrected chi connectivity index (χ0v) is 17.9. The molecule has 8 heteroatoms. The number of rotatable bonds is 5. The summed E-state index contributed by atoms with van der Waals surface area (Å²) in [6, 6.07) is 13.5. The second-order valence-corrected chi connectivity index (χ2v) is 7.86. The SMILES string of the molecule is N#Cc1cc(Cl)cc(Oc2c(F)c(CCc3cccc(Cl)c3)[nH]c(=O)c2I)c1. The third-order valence-corrected chi connectivity index (χ3v) is 5.33. The molecule has 2 aromatic carbocycles. The van der Waals surface area contributed by atoms with Crippen molar-refractivity contribution in [2.45, 2.75) is 12.8 Å². The molecule has 0 atom stereocenters. The van der Waals surface area contributed by atoms with Crippen LogP contribution in [0.3, 0.4) is 0 Å². The number of nitrogens with one attached hydrogen (secondary N) is 1. The average Bonchev–Trinajstić information content (AvgIpc) is 2.66. The van der Waals surface area contributed by atoms with E-state index in [9.17, 15) is 4.79 Å². The van der Waals surface area contributed by atoms with Gasteiger partial charge in [0, 0.05) is 10.0 Å². The minimum absolute atomic E-state index is 0.0695. The van der Waals surface area contributed by atoms with Gasteiger partial charge in [0.1, 0.15) is 9.32 Å². The van der Waals surface area contributed by atoms with Gasteiger partial charge < -0.3 is 9.72 Å². The van der Waals surface area contributed by atoms with Crippen molar-refractivity contribution in [2.24, 2.45) is 0 Å². The van der Waals surface area contributed by atoms with Gasteiger partial charge in [-0.05, 0) is 71.3 Å². The van der Waals surface area contributed by atoms with Crippen LogP contribution in [0.15, 0.2) is 47.3 Å². The summed E-state index contributed by atoms with van der Waals surface area (Å²) >= 11 is 13.7. The van der Waals surface area contributed by atoms with Crippen LogP contribution in [0.25, 0.3) is 0 Å². The van der Waals surface area contributed by atoms with Crippen molar-refractivity contribution in [1.82, 2.24) is 4.98 Å². The third-order valence-electron chi connectivity index (χ3n) is 3.90. The standard InChI is InChI=1S/C20H12Cl2FIN2O2/c21-13-3-1-2-11(6-13)4-5-16-17(23)19(18(24)20(27)26-16)28-15-8-12(10-25)7-14(22)9-15/h1-3,6-9H,4-5H2,(H,26,27). The summed E-state index contributed by atoms with van der Waals surface area (Å²) in [6.45, 7) is 0. The maximum Gasteiger partial charge on any atom is 0.265 e. The fourth-order valence-electron chi connectivity index (χ4n) is 2.61. The highest BCUT2D eigenvalue weighted by atomic mass is 127. The molecule has 0 bridgehead atoms. The number of halogens is 4. The number of hydrogen-bond donors (Lipinski definition) is 1. The first kappa shape index (κ1) is 20.6. The van der Waals surface area contributed by atoms with Crippen molar-refractivity contribution in [3.63, 3.8) is 0 Å². The zero-order chi connectivity index (χ0) is 20.3. The molecule has 3 rings (SSSR count). The van der Waals surface area contributed by atoms with E-state index in [0.29, 0.717) is 11.4 Å². The molecule has 0 spiro atoms. The maximum absolute atomic E-state index is 15.0. The number of pyridine rings is 1. The van der Waals surface area contributed by atoms with Crippen molar-refractivity contribution in [3.8, 4) is 17.6 Å². The van der Waals surface area contributed by atoms with E-state index in [2.05, 4.69) is 4.98 Å². The smallest absolute Gasteiger partial charge is 0.265 e. The van der Waals surface area contributed by atoms with E-state index in [1.807, 2.05) is 18.2 Å². The minimum atomic E-state index is -0.662. The van der Waals surface area contributed by atoms with Crippen LogP contribution in [0.1, 0.15) is 16.8 Å². The average molecular weight is 529 g/mol. The molecule has 0 aliphatic rings. The summed E-state index contributed by atoms with van der Waals surface area (Å²) in [4.78, 5) is 14.8. The molecular formula is C20H12Cl2FIN2O2. The highest BCUT2D eigenvalue weighted by molar-refractivity contribution is 14.1. The molecule has 142 valence electrons. The largest absolute Gasteiger partial charge is 0.453 e. The van der Waals surface area contributed by atoms with Gasteiger partial charge in [-0.3, -0.25) is 4.79 Å². The van der Waals surface area contributed by atoms with Gasteiger partial charge in [-0.2, -0.15) is 5.26 Å². The molecule has 0 saturated carbocycles. The van der Waals surface area contributed by atoms with Crippen molar-refractivity contribution in [2.75, 3.05) is 0 Å². The zero-order valence-electron chi connectivity index (χ0n) is 14.2. The summed E-state index contributed by atoms with van der Waals surface area (Å²) in [6.07, 6.45) is 0.747. The number of benzene rings is 2. The Balaban J connectivity index is 1.93. The van der Waals surface area contributed by atoms with Gasteiger partial charge in [0.25, 0.3) is 5.56 Å². The molecule has 1 N–H and O–H groups in total. The predicted octanol–water partition coefficient (Wildman–Crippen LogP) is 5.87. The number of H-pyrrole nitrogens is 1. The molecule has 0 unspecified atom stereocenters. The molecule has 0 aliphatic heterocycles. The summed E-state index contributed by atoms with van der Waals surface area (Å²) in [5.41, 5.74) is 0.856. The summed E-state index contributed by atoms with van der Waals surface area (Å²) in [5.74, 6) is -0.687. The van der Waals surface area contributed by atoms with Crippen LogP contribution in [0.4, 0.5) is 4.39 Å². The second kappa shape index (κ2) is 8.95. The highest BCUT2D eigenvalue weighted by Gasteiger charge is 2.19. The number of ether oxygens (including phenoxy) is 1. The first-order chi connectivity index (χ1) is 13.4. The Hall–Kier alpha value is -2.08. The van der Waals surface area contributed by atoms with E-state index in [1.165, 1.54) is 18.2 Å². The first-order valence-electron chi connectivity index (χ1n) is 8.10. The van der Waals surface area contributed by atoms with Gasteiger partial charge >= 0.3 is 0 Å². The van der Waals surface area contributed by atoms with Crippen LogP contribution in [-0.2, 0) is 12.8 Å². The minimum Gasteiger partial charge on any atom is -0.453 e. The van der Waals surface area contributed by atoms with Crippen LogP contribution in [-0.4, -0.2) is 4.98 Å². The fourth-order valence-corrected chi connectivity index (χ4v) is 3.53. The predicted molar refractivity (Wildman–Crippen MR) is 115 cm³/mol. The Morgan fingerprint density at radius 3 is 2.64 bits per heavy atom. The summed E-state index contributed by atoms with van der Waals surface area (Å²) < 4.78 is 20.7. The van der Waals surface area contributed by atoms with Crippen molar-refractivity contribution < 1.29 is 9.13 Å². The van der Waals surface area contributed by atoms with Gasteiger partial charge in [0.05, 0.1) is 17.3 Å². The van der Waals surface area contributed by atoms with Crippen LogP contribution >= 0.6 is 45.8 Å². The number of aromatic nitrogens is 1. The van der Waals surface area contributed by atoms with E-state index in [0.717, 1.165) is 5.56 Å². The molecule has 1 heterocycles. The number of aromatic amines is 1. The monoisotopic (exact) mass is 528 g/mol. The van der Waals surface area contributed by atoms with E-state index in [4.69, 9.17) is 33.2 Å². The van der Waals surface area contributed by atoms with Gasteiger partial charge in [-0.1, -0.05) is 35.3 Å². The molecule has 0 aliphatic carbocycles. The van der Waals surface area contributed by atoms with E-state index >= 15 is 4.39 Å². The van der Waals surface area contributed by atoms with Gasteiger partial charge in [0.2, 0.25) is 0 Å². The third kappa shape index (κ3) is 4.85.